The Labute approximate surface area is 112 Å². The minimum atomic E-state index is -0.948. The highest BCUT2D eigenvalue weighted by Crippen LogP contribution is 2.14. The van der Waals surface area contributed by atoms with Gasteiger partial charge in [0.25, 0.3) is 11.5 Å². The van der Waals surface area contributed by atoms with Crippen molar-refractivity contribution >= 4 is 18.3 Å². The van der Waals surface area contributed by atoms with E-state index in [1.165, 1.54) is 6.07 Å². The largest absolute Gasteiger partial charge is 0.287 e. The molecule has 2 aromatic heterocycles. The Kier molecular flexibility index (Phi) is 4.76. The molecule has 1 N–H and O–H groups in total. The number of rotatable bonds is 2. The first-order chi connectivity index (χ1) is 8.72. The summed E-state index contributed by atoms with van der Waals surface area (Å²) >= 11 is 0. The second-order valence-corrected chi connectivity index (χ2v) is 3.23. The summed E-state index contributed by atoms with van der Waals surface area (Å²) in [6, 6.07) is 4.61. The maximum Gasteiger partial charge on any atom is 0.275 e. The zero-order valence-corrected chi connectivity index (χ0v) is 10.2. The summed E-state index contributed by atoms with van der Waals surface area (Å²) in [6.45, 7) is 0. The van der Waals surface area contributed by atoms with E-state index in [0.29, 0.717) is 11.3 Å². The molecule has 0 atom stereocenters. The molecule has 0 aliphatic rings. The molecule has 0 saturated heterocycles. The van der Waals surface area contributed by atoms with Crippen LogP contribution in [0, 0.1) is 0 Å². The van der Waals surface area contributed by atoms with Crippen molar-refractivity contribution in [1.29, 1.82) is 0 Å². The van der Waals surface area contributed by atoms with Gasteiger partial charge in [-0.2, -0.15) is 5.10 Å². The lowest BCUT2D eigenvalue weighted by Gasteiger charge is -2.00. The number of nitrogens with zero attached hydrogens (tertiary/aromatic N) is 5. The van der Waals surface area contributed by atoms with Gasteiger partial charge < -0.3 is 0 Å². The molecular weight excluding hydrogens is 272 g/mol. The predicted molar refractivity (Wildman–Crippen MR) is 68.8 cm³/mol. The second-order valence-electron chi connectivity index (χ2n) is 3.23. The summed E-state index contributed by atoms with van der Waals surface area (Å²) in [7, 11) is 0. The summed E-state index contributed by atoms with van der Waals surface area (Å²) < 4.78 is 0. The van der Waals surface area contributed by atoms with Crippen molar-refractivity contribution in [2.75, 3.05) is 0 Å². The number of aromatic nitrogens is 3. The first-order valence-electron chi connectivity index (χ1n) is 4.82. The fourth-order valence-corrected chi connectivity index (χ4v) is 1.33. The minimum absolute atomic E-state index is 0. The van der Waals surface area contributed by atoms with E-state index in [-0.39, 0.29) is 18.0 Å². The van der Waals surface area contributed by atoms with Crippen LogP contribution in [0.3, 0.4) is 0 Å². The molecule has 0 saturated carbocycles. The number of aromatic amines is 1. The maximum absolute atomic E-state index is 11.4. The van der Waals surface area contributed by atoms with Crippen molar-refractivity contribution < 1.29 is 4.79 Å². The highest BCUT2D eigenvalue weighted by Gasteiger charge is 2.11. The Morgan fingerprint density at radius 1 is 1.37 bits per heavy atom. The van der Waals surface area contributed by atoms with E-state index in [1.54, 1.807) is 24.5 Å². The molecule has 8 nitrogen and oxygen atoms in total. The molecule has 19 heavy (non-hydrogen) atoms. The summed E-state index contributed by atoms with van der Waals surface area (Å²) in [5.41, 5.74) is 8.28. The molecule has 0 spiro atoms. The zero-order chi connectivity index (χ0) is 13.0. The summed E-state index contributed by atoms with van der Waals surface area (Å²) in [6.07, 6.45) is 3.11. The van der Waals surface area contributed by atoms with E-state index in [4.69, 9.17) is 5.53 Å². The van der Waals surface area contributed by atoms with E-state index < -0.39 is 11.5 Å². The van der Waals surface area contributed by atoms with E-state index in [9.17, 15) is 9.59 Å². The van der Waals surface area contributed by atoms with Gasteiger partial charge in [-0.15, -0.1) is 12.4 Å². The third-order valence-electron chi connectivity index (χ3n) is 2.15. The summed E-state index contributed by atoms with van der Waals surface area (Å²) in [5, 5.41) is 8.85. The van der Waals surface area contributed by atoms with Crippen LogP contribution < -0.4 is 5.56 Å². The van der Waals surface area contributed by atoms with Gasteiger partial charge in [-0.25, -0.2) is 5.10 Å². The molecule has 0 aliphatic heterocycles. The van der Waals surface area contributed by atoms with E-state index >= 15 is 0 Å². The molecule has 9 heteroatoms. The van der Waals surface area contributed by atoms with Crippen LogP contribution in [-0.4, -0.2) is 21.1 Å². The molecule has 0 bridgehead atoms. The van der Waals surface area contributed by atoms with Gasteiger partial charge >= 0.3 is 0 Å². The molecule has 2 rings (SSSR count). The van der Waals surface area contributed by atoms with Crippen molar-refractivity contribution in [2.24, 2.45) is 5.11 Å². The lowest BCUT2D eigenvalue weighted by Crippen LogP contribution is -2.17. The molecule has 2 aromatic rings. The van der Waals surface area contributed by atoms with Crippen LogP contribution in [0.2, 0.25) is 0 Å². The highest BCUT2D eigenvalue weighted by molar-refractivity contribution is 5.95. The number of hydrogen-bond donors (Lipinski definition) is 1. The molecule has 96 valence electrons. The van der Waals surface area contributed by atoms with Crippen LogP contribution in [0.15, 0.2) is 40.5 Å². The molecular formula is C10H7ClN6O2. The number of carbonyl (C=O) groups excluding carboxylic acids is 1. The first kappa shape index (κ1) is 14.4. The Morgan fingerprint density at radius 2 is 2.05 bits per heavy atom. The molecule has 2 heterocycles. The van der Waals surface area contributed by atoms with Crippen LogP contribution in [0.1, 0.15) is 10.4 Å². The topological polar surface area (TPSA) is 124 Å². The first-order valence-corrected chi connectivity index (χ1v) is 4.82. The fraction of sp³-hybridized carbons (Fsp3) is 0. The average Bonchev–Trinajstić information content (AvgIpc) is 2.40. The van der Waals surface area contributed by atoms with E-state index in [1.807, 2.05) is 0 Å². The molecule has 0 fully saturated rings. The lowest BCUT2D eigenvalue weighted by atomic mass is 10.1. The van der Waals surface area contributed by atoms with Crippen molar-refractivity contribution in [3.8, 4) is 11.3 Å². The van der Waals surface area contributed by atoms with Crippen LogP contribution in [0.5, 0.6) is 0 Å². The number of amides is 1. The third kappa shape index (κ3) is 3.15. The standard InChI is InChI=1S/C10H6N6O2.ClH/c11-16-15-10(18)7-5-8(13-14-9(7)17)6-1-3-12-4-2-6;/h1-5H,(H,14,17);1H. The minimum Gasteiger partial charge on any atom is -0.287 e. The molecule has 0 radical (unpaired) electrons. The second kappa shape index (κ2) is 6.29. The molecule has 0 aromatic carbocycles. The Balaban J connectivity index is 0.00000180. The lowest BCUT2D eigenvalue weighted by molar-refractivity contribution is 0.0998. The van der Waals surface area contributed by atoms with Gasteiger partial charge in [-0.3, -0.25) is 14.6 Å². The summed E-state index contributed by atoms with van der Waals surface area (Å²) in [4.78, 5) is 28.9. The number of hydrogen-bond acceptors (Lipinski definition) is 4. The number of halogens is 1. The average molecular weight is 279 g/mol. The van der Waals surface area contributed by atoms with Gasteiger partial charge in [0.1, 0.15) is 0 Å². The van der Waals surface area contributed by atoms with Gasteiger partial charge in [0.15, 0.2) is 0 Å². The van der Waals surface area contributed by atoms with Crippen molar-refractivity contribution in [2.45, 2.75) is 0 Å². The Morgan fingerprint density at radius 3 is 2.68 bits per heavy atom. The smallest absolute Gasteiger partial charge is 0.275 e. The van der Waals surface area contributed by atoms with Crippen LogP contribution in [0.4, 0.5) is 0 Å². The fourth-order valence-electron chi connectivity index (χ4n) is 1.33. The number of pyridine rings is 1. The number of carbonyl (C=O) groups is 1. The summed E-state index contributed by atoms with van der Waals surface area (Å²) in [5.74, 6) is -0.948. The van der Waals surface area contributed by atoms with Gasteiger partial charge in [0.05, 0.1) is 11.3 Å². The predicted octanol–water partition coefficient (Wildman–Crippen LogP) is 1.70. The number of azide groups is 1. The SMILES string of the molecule is Cl.[N-]=[N+]=NC(=O)c1cc(-c2ccncc2)n[nH]c1=O. The highest BCUT2D eigenvalue weighted by atomic mass is 35.5. The number of H-pyrrole nitrogens is 1. The Hall–Kier alpha value is -2.70. The van der Waals surface area contributed by atoms with Gasteiger partial charge in [-0.1, -0.05) is 0 Å². The van der Waals surface area contributed by atoms with Crippen LogP contribution in [0.25, 0.3) is 21.7 Å². The third-order valence-corrected chi connectivity index (χ3v) is 2.15. The van der Waals surface area contributed by atoms with Crippen molar-refractivity contribution in [3.05, 3.63) is 57.0 Å². The van der Waals surface area contributed by atoms with Crippen LogP contribution in [-0.2, 0) is 0 Å². The number of nitrogens with one attached hydrogen (secondary N) is 1. The molecule has 0 unspecified atom stereocenters. The van der Waals surface area contributed by atoms with Crippen LogP contribution >= 0.6 is 12.4 Å². The van der Waals surface area contributed by atoms with Crippen molar-refractivity contribution in [1.82, 2.24) is 15.2 Å². The molecule has 0 aliphatic carbocycles. The maximum atomic E-state index is 11.4. The van der Waals surface area contributed by atoms with Gasteiger partial charge in [0, 0.05) is 22.9 Å². The molecule has 1 amide bonds. The Bertz CT molecular complexity index is 693. The monoisotopic (exact) mass is 278 g/mol. The van der Waals surface area contributed by atoms with Gasteiger partial charge in [-0.05, 0) is 28.8 Å². The van der Waals surface area contributed by atoms with E-state index in [0.717, 1.165) is 0 Å². The normalized spacial score (nSPS) is 9.05. The zero-order valence-electron chi connectivity index (χ0n) is 9.35. The quantitative estimate of drug-likeness (QED) is 0.510. The van der Waals surface area contributed by atoms with E-state index in [2.05, 4.69) is 25.2 Å². The van der Waals surface area contributed by atoms with Crippen molar-refractivity contribution in [3.63, 3.8) is 0 Å². The van der Waals surface area contributed by atoms with Gasteiger partial charge in [0.2, 0.25) is 0 Å².